The van der Waals surface area contributed by atoms with Gasteiger partial charge in [-0.15, -0.1) is 0 Å². The number of nitrogens with one attached hydrogen (secondary N) is 1. The Labute approximate surface area is 219 Å². The molecule has 4 atom stereocenters. The summed E-state index contributed by atoms with van der Waals surface area (Å²) in [5, 5.41) is 12.3. The van der Waals surface area contributed by atoms with E-state index < -0.39 is 32.6 Å². The molecular weight excluding hydrogens is 519 g/mol. The molecule has 4 N–H and O–H groups in total. The van der Waals surface area contributed by atoms with Crippen molar-refractivity contribution >= 4 is 30.8 Å². The van der Waals surface area contributed by atoms with Crippen LogP contribution in [0.2, 0.25) is 0 Å². The average molecular weight is 551 g/mol. The molecule has 15 heteroatoms. The molecule has 1 aliphatic heterocycles. The number of methoxy groups -OCH3 is 1. The molecule has 3 heterocycles. The van der Waals surface area contributed by atoms with E-state index in [1.807, 2.05) is 6.92 Å². The second kappa shape index (κ2) is 11.5. The summed E-state index contributed by atoms with van der Waals surface area (Å²) in [5.74, 6) is -0.329. The standard InChI is InChI=1S/C23H31N6O8P/c1-13(2)35-18(31)10-26-38(32,37-16-7-5-6-15(30)9-16)34-11-17-8-14(3)22(36-17)29-12-25-19-20(29)27-23(24)28-21(19)33-4/h5-7,9,12-14,17,22,30H,8,10-11H2,1-4H3,(H,26,32)(H2,24,27,28). The highest BCUT2D eigenvalue weighted by Crippen LogP contribution is 2.46. The highest BCUT2D eigenvalue weighted by Gasteiger charge is 2.37. The first kappa shape index (κ1) is 27.6. The van der Waals surface area contributed by atoms with Crippen LogP contribution in [0.4, 0.5) is 5.95 Å². The number of ether oxygens (including phenoxy) is 3. The van der Waals surface area contributed by atoms with Gasteiger partial charge in [-0.25, -0.2) is 14.6 Å². The monoisotopic (exact) mass is 550 g/mol. The first-order valence-electron chi connectivity index (χ1n) is 11.9. The number of rotatable bonds is 11. The maximum Gasteiger partial charge on any atom is 0.459 e. The van der Waals surface area contributed by atoms with Crippen molar-refractivity contribution < 1.29 is 37.7 Å². The van der Waals surface area contributed by atoms with E-state index in [0.29, 0.717) is 17.6 Å². The van der Waals surface area contributed by atoms with Crippen LogP contribution in [-0.2, 0) is 23.4 Å². The second-order valence-electron chi connectivity index (χ2n) is 9.03. The van der Waals surface area contributed by atoms with Crippen molar-refractivity contribution in [2.24, 2.45) is 5.92 Å². The van der Waals surface area contributed by atoms with Gasteiger partial charge in [-0.2, -0.15) is 9.97 Å². The maximum atomic E-state index is 13.6. The predicted octanol–water partition coefficient (Wildman–Crippen LogP) is 2.79. The number of anilines is 1. The molecule has 1 aromatic carbocycles. The number of esters is 1. The fourth-order valence-corrected chi connectivity index (χ4v) is 5.32. The number of carbonyl (C=O) groups excluding carboxylic acids is 1. The molecule has 206 valence electrons. The smallest absolute Gasteiger partial charge is 0.459 e. The predicted molar refractivity (Wildman–Crippen MR) is 136 cm³/mol. The highest BCUT2D eigenvalue weighted by atomic mass is 31.2. The van der Waals surface area contributed by atoms with Crippen LogP contribution in [-0.4, -0.2) is 63.1 Å². The van der Waals surface area contributed by atoms with Gasteiger partial charge in [-0.1, -0.05) is 13.0 Å². The van der Waals surface area contributed by atoms with Gasteiger partial charge in [0, 0.05) is 12.0 Å². The van der Waals surface area contributed by atoms with Crippen LogP contribution >= 0.6 is 7.75 Å². The third-order valence-electron chi connectivity index (χ3n) is 5.59. The number of nitrogen functional groups attached to an aromatic ring is 1. The third-order valence-corrected chi connectivity index (χ3v) is 7.07. The molecule has 0 radical (unpaired) electrons. The van der Waals surface area contributed by atoms with Crippen LogP contribution in [0.25, 0.3) is 11.2 Å². The van der Waals surface area contributed by atoms with E-state index in [2.05, 4.69) is 20.0 Å². The fraction of sp³-hybridized carbons (Fsp3) is 0.478. The molecule has 0 saturated carbocycles. The Balaban J connectivity index is 1.47. The number of hydrogen-bond acceptors (Lipinski definition) is 12. The van der Waals surface area contributed by atoms with Gasteiger partial charge >= 0.3 is 13.7 Å². The van der Waals surface area contributed by atoms with Crippen molar-refractivity contribution in [1.29, 1.82) is 0 Å². The zero-order chi connectivity index (χ0) is 27.4. The number of aromatic hydroxyl groups is 1. The molecule has 14 nitrogen and oxygen atoms in total. The molecule has 4 rings (SSSR count). The lowest BCUT2D eigenvalue weighted by atomic mass is 10.1. The largest absolute Gasteiger partial charge is 0.508 e. The quantitative estimate of drug-likeness (QED) is 0.234. The minimum absolute atomic E-state index is 0.00328. The topological polar surface area (TPSA) is 182 Å². The number of fused-ring (bicyclic) bond motifs is 1. The zero-order valence-corrected chi connectivity index (χ0v) is 22.3. The van der Waals surface area contributed by atoms with Crippen LogP contribution < -0.4 is 20.1 Å². The van der Waals surface area contributed by atoms with Gasteiger partial charge < -0.3 is 29.6 Å². The van der Waals surface area contributed by atoms with Crippen molar-refractivity contribution in [3.8, 4) is 17.4 Å². The van der Waals surface area contributed by atoms with Crippen molar-refractivity contribution in [3.05, 3.63) is 30.6 Å². The molecule has 3 aromatic rings. The first-order chi connectivity index (χ1) is 18.1. The molecule has 0 aliphatic carbocycles. The average Bonchev–Trinajstić information content (AvgIpc) is 3.43. The number of aromatic nitrogens is 4. The number of benzene rings is 1. The lowest BCUT2D eigenvalue weighted by Gasteiger charge is -2.22. The Morgan fingerprint density at radius 3 is 2.87 bits per heavy atom. The molecule has 38 heavy (non-hydrogen) atoms. The third kappa shape index (κ3) is 6.51. The molecule has 2 aromatic heterocycles. The van der Waals surface area contributed by atoms with E-state index >= 15 is 0 Å². The van der Waals surface area contributed by atoms with Crippen LogP contribution in [0.3, 0.4) is 0 Å². The van der Waals surface area contributed by atoms with Gasteiger partial charge in [0.1, 0.15) is 24.3 Å². The lowest BCUT2D eigenvalue weighted by molar-refractivity contribution is -0.145. The number of nitrogens with two attached hydrogens (primary N) is 1. The van der Waals surface area contributed by atoms with E-state index in [1.165, 1.54) is 31.4 Å². The second-order valence-corrected chi connectivity index (χ2v) is 10.8. The van der Waals surface area contributed by atoms with Gasteiger partial charge in [0.25, 0.3) is 0 Å². The summed E-state index contributed by atoms with van der Waals surface area (Å²) >= 11 is 0. The normalized spacial score (nSPS) is 20.9. The summed E-state index contributed by atoms with van der Waals surface area (Å²) in [6.45, 7) is 4.86. The summed E-state index contributed by atoms with van der Waals surface area (Å²) in [5.41, 5.74) is 6.73. The number of nitrogens with zero attached hydrogens (tertiary/aromatic N) is 4. The van der Waals surface area contributed by atoms with Crippen molar-refractivity contribution in [2.75, 3.05) is 26.0 Å². The van der Waals surface area contributed by atoms with E-state index in [1.54, 1.807) is 24.7 Å². The van der Waals surface area contributed by atoms with E-state index in [-0.39, 0.29) is 42.0 Å². The Morgan fingerprint density at radius 1 is 1.37 bits per heavy atom. The summed E-state index contributed by atoms with van der Waals surface area (Å²) in [6.07, 6.45) is 0.848. The summed E-state index contributed by atoms with van der Waals surface area (Å²) in [4.78, 5) is 24.7. The van der Waals surface area contributed by atoms with Gasteiger partial charge in [-0.05, 0) is 32.4 Å². The Kier molecular flexibility index (Phi) is 8.36. The maximum absolute atomic E-state index is 13.6. The zero-order valence-electron chi connectivity index (χ0n) is 21.4. The molecule has 0 spiro atoms. The Bertz CT molecular complexity index is 1330. The fourth-order valence-electron chi connectivity index (χ4n) is 4.03. The number of hydrogen-bond donors (Lipinski definition) is 3. The van der Waals surface area contributed by atoms with Crippen LogP contribution in [0.1, 0.15) is 33.4 Å². The molecular formula is C23H31N6O8P. The van der Waals surface area contributed by atoms with Crippen molar-refractivity contribution in [3.63, 3.8) is 0 Å². The summed E-state index contributed by atoms with van der Waals surface area (Å²) in [7, 11) is -2.61. The number of carbonyl (C=O) groups is 1. The molecule has 1 aliphatic rings. The van der Waals surface area contributed by atoms with Crippen molar-refractivity contribution in [2.45, 2.75) is 45.6 Å². The molecule has 1 saturated heterocycles. The number of phenols is 1. The number of phenolic OH excluding ortho intramolecular Hbond substituents is 1. The SMILES string of the molecule is COc1nc(N)nc2c1ncn2C1OC(COP(=O)(NCC(=O)OC(C)C)Oc2cccc(O)c2)CC1C. The summed E-state index contributed by atoms with van der Waals surface area (Å²) < 4.78 is 43.1. The van der Waals surface area contributed by atoms with Crippen LogP contribution in [0, 0.1) is 5.92 Å². The lowest BCUT2D eigenvalue weighted by Crippen LogP contribution is -2.28. The molecule has 4 unspecified atom stereocenters. The van der Waals surface area contributed by atoms with E-state index in [0.717, 1.165) is 0 Å². The van der Waals surface area contributed by atoms with Crippen LogP contribution in [0.15, 0.2) is 30.6 Å². The van der Waals surface area contributed by atoms with Gasteiger partial charge in [0.05, 0.1) is 32.3 Å². The van der Waals surface area contributed by atoms with Gasteiger partial charge in [0.2, 0.25) is 11.8 Å². The van der Waals surface area contributed by atoms with Gasteiger partial charge in [-0.3, -0.25) is 13.9 Å². The number of imidazole rings is 1. The van der Waals surface area contributed by atoms with E-state index in [4.69, 9.17) is 29.0 Å². The van der Waals surface area contributed by atoms with Crippen molar-refractivity contribution in [1.82, 2.24) is 24.6 Å². The molecule has 0 bridgehead atoms. The van der Waals surface area contributed by atoms with Gasteiger partial charge in [0.15, 0.2) is 11.2 Å². The van der Waals surface area contributed by atoms with E-state index in [9.17, 15) is 14.5 Å². The summed E-state index contributed by atoms with van der Waals surface area (Å²) in [6, 6.07) is 5.74. The minimum atomic E-state index is -4.08. The van der Waals surface area contributed by atoms with Crippen LogP contribution in [0.5, 0.6) is 17.4 Å². The Hall–Kier alpha value is -3.45. The molecule has 1 fully saturated rings. The molecule has 0 amide bonds. The first-order valence-corrected chi connectivity index (χ1v) is 13.5. The highest BCUT2D eigenvalue weighted by molar-refractivity contribution is 7.52. The minimum Gasteiger partial charge on any atom is -0.508 e. The Morgan fingerprint density at radius 2 is 2.16 bits per heavy atom.